The van der Waals surface area contributed by atoms with Crippen molar-refractivity contribution in [3.8, 4) is 11.4 Å². The van der Waals surface area contributed by atoms with Crippen LogP contribution in [0.5, 0.6) is 0 Å². The number of hydrogen-bond donors (Lipinski definition) is 0. The molecule has 0 saturated carbocycles. The lowest BCUT2D eigenvalue weighted by Gasteiger charge is -2.09. The van der Waals surface area contributed by atoms with Gasteiger partial charge in [-0.05, 0) is 84.3 Å². The summed E-state index contributed by atoms with van der Waals surface area (Å²) in [5.74, 6) is 0.912. The molecule has 0 spiro atoms. The van der Waals surface area contributed by atoms with Crippen LogP contribution in [0.4, 0.5) is 0 Å². The van der Waals surface area contributed by atoms with Crippen LogP contribution in [0, 0.1) is 0 Å². The molecule has 8 aromatic carbocycles. The fourth-order valence-corrected chi connectivity index (χ4v) is 12.6. The van der Waals surface area contributed by atoms with Crippen molar-refractivity contribution >= 4 is 124 Å². The fourth-order valence-electron chi connectivity index (χ4n) is 9.26. The lowest BCUT2D eigenvalue weighted by molar-refractivity contribution is 1.17. The largest absolute Gasteiger partial charge is 0.309 e. The van der Waals surface area contributed by atoms with Gasteiger partial charge in [0.15, 0.2) is 0 Å². The summed E-state index contributed by atoms with van der Waals surface area (Å²) in [6.45, 7) is 11.9. The zero-order valence-corrected chi connectivity index (χ0v) is 38.5. The number of thioether (sulfide) groups is 1. The lowest BCUT2D eigenvalue weighted by atomic mass is 10.1. The minimum absolute atomic E-state index is 0.886. The average Bonchev–Trinajstić information content (AvgIpc) is 4.10. The molecule has 0 aliphatic carbocycles. The summed E-state index contributed by atoms with van der Waals surface area (Å²) < 4.78 is 10.3. The Hall–Kier alpha value is -6.37. The van der Waals surface area contributed by atoms with E-state index in [-0.39, 0.29) is 0 Å². The molecule has 63 heavy (non-hydrogen) atoms. The Morgan fingerprint density at radius 3 is 1.76 bits per heavy atom. The Balaban J connectivity index is 0.00000115. The number of thiophene rings is 2. The summed E-state index contributed by atoms with van der Waals surface area (Å²) >= 11 is 5.66. The van der Waals surface area contributed by atoms with Crippen LogP contribution < -0.4 is 0 Å². The van der Waals surface area contributed by atoms with E-state index in [1.54, 1.807) is 0 Å². The molecule has 4 heterocycles. The molecule has 0 atom stereocenters. The number of rotatable bonds is 8. The molecular formula is C58H48N2S3. The minimum atomic E-state index is 0.886. The molecule has 308 valence electrons. The Labute approximate surface area is 381 Å². The van der Waals surface area contributed by atoms with Crippen molar-refractivity contribution in [1.29, 1.82) is 0 Å². The second kappa shape index (κ2) is 17.4. The molecule has 12 aromatic rings. The SMILES string of the molecule is C=CCSc1ccccc1C/C=C/c1cccc(-n2c3ccccc3c3c4sc5c(ccc6c5c5ccccc5n6-c5ccc6sc7ccccc7c6c5)c4ccc32)c1.CC.CC. The molecule has 0 amide bonds. The average molecular weight is 869 g/mol. The van der Waals surface area contributed by atoms with E-state index in [0.29, 0.717) is 0 Å². The highest BCUT2D eigenvalue weighted by Crippen LogP contribution is 2.48. The third kappa shape index (κ3) is 6.87. The van der Waals surface area contributed by atoms with E-state index < -0.39 is 0 Å². The predicted octanol–water partition coefficient (Wildman–Crippen LogP) is 18.2. The van der Waals surface area contributed by atoms with Gasteiger partial charge in [-0.25, -0.2) is 0 Å². The van der Waals surface area contributed by atoms with Gasteiger partial charge in [0, 0.05) is 83.9 Å². The van der Waals surface area contributed by atoms with Crippen molar-refractivity contribution in [3.05, 3.63) is 194 Å². The Morgan fingerprint density at radius 1 is 0.492 bits per heavy atom. The van der Waals surface area contributed by atoms with Gasteiger partial charge in [-0.1, -0.05) is 143 Å². The van der Waals surface area contributed by atoms with Gasteiger partial charge in [0.1, 0.15) is 0 Å². The van der Waals surface area contributed by atoms with Gasteiger partial charge < -0.3 is 9.13 Å². The van der Waals surface area contributed by atoms with Crippen LogP contribution in [-0.4, -0.2) is 14.9 Å². The van der Waals surface area contributed by atoms with Gasteiger partial charge in [-0.3, -0.25) is 0 Å². The quantitative estimate of drug-likeness (QED) is 0.109. The molecule has 0 aliphatic heterocycles. The number of aromatic nitrogens is 2. The maximum absolute atomic E-state index is 3.91. The predicted molar refractivity (Wildman–Crippen MR) is 284 cm³/mol. The van der Waals surface area contributed by atoms with Crippen LogP contribution in [0.3, 0.4) is 0 Å². The molecule has 0 fully saturated rings. The number of nitrogens with zero attached hydrogens (tertiary/aromatic N) is 2. The maximum atomic E-state index is 3.91. The summed E-state index contributed by atoms with van der Waals surface area (Å²) in [6.07, 6.45) is 7.41. The van der Waals surface area contributed by atoms with Crippen molar-refractivity contribution in [2.75, 3.05) is 5.75 Å². The molecule has 0 unspecified atom stereocenters. The summed E-state index contributed by atoms with van der Waals surface area (Å²) in [5, 5.41) is 10.5. The van der Waals surface area contributed by atoms with Gasteiger partial charge in [0.25, 0.3) is 0 Å². The van der Waals surface area contributed by atoms with E-state index in [0.717, 1.165) is 12.2 Å². The fraction of sp³-hybridized carbons (Fsp3) is 0.103. The summed E-state index contributed by atoms with van der Waals surface area (Å²) in [4.78, 5) is 1.32. The third-order valence-electron chi connectivity index (χ3n) is 11.8. The maximum Gasteiger partial charge on any atom is 0.0555 e. The second-order valence-corrected chi connectivity index (χ2v) is 18.3. The molecule has 4 aromatic heterocycles. The number of para-hydroxylation sites is 2. The number of hydrogen-bond acceptors (Lipinski definition) is 3. The molecule has 0 saturated heterocycles. The first-order chi connectivity index (χ1) is 31.2. The Kier molecular flexibility index (Phi) is 11.2. The van der Waals surface area contributed by atoms with Gasteiger partial charge in [-0.2, -0.15) is 0 Å². The zero-order chi connectivity index (χ0) is 43.0. The smallest absolute Gasteiger partial charge is 0.0555 e. The van der Waals surface area contributed by atoms with Gasteiger partial charge in [-0.15, -0.1) is 41.0 Å². The first-order valence-electron chi connectivity index (χ1n) is 22.0. The lowest BCUT2D eigenvalue weighted by Crippen LogP contribution is -1.94. The molecule has 2 nitrogen and oxygen atoms in total. The van der Waals surface area contributed by atoms with E-state index >= 15 is 0 Å². The first-order valence-corrected chi connectivity index (χ1v) is 24.7. The summed E-state index contributed by atoms with van der Waals surface area (Å²) in [7, 11) is 0. The number of fused-ring (bicyclic) bond motifs is 14. The second-order valence-electron chi connectivity index (χ2n) is 15.2. The van der Waals surface area contributed by atoms with E-state index in [2.05, 4.69) is 192 Å². The standard InChI is InChI=1S/C54H36N2S3.2C2H6/c1-2-31-57-48-23-9-3-15-35(48)16-11-13-34-14-12-17-36(32-34)55-44-21-7-4-19-41(44)51-46(55)28-26-39-40-27-29-47-52(54(40)59-53(39)51)42-20-5-8-22-45(42)56(47)37-25-30-50-43(33-37)38-18-6-10-24-49(38)58-50;2*1-2/h2-15,17-30,32-33H,1,16,31H2;2*1-2H3/b13-11+;;. The minimum Gasteiger partial charge on any atom is -0.309 e. The van der Waals surface area contributed by atoms with Crippen molar-refractivity contribution < 1.29 is 0 Å². The topological polar surface area (TPSA) is 9.86 Å². The molecule has 5 heteroatoms. The van der Waals surface area contributed by atoms with Crippen LogP contribution in [0.25, 0.3) is 101 Å². The van der Waals surface area contributed by atoms with Crippen molar-refractivity contribution in [3.63, 3.8) is 0 Å². The van der Waals surface area contributed by atoms with E-state index in [4.69, 9.17) is 0 Å². The van der Waals surface area contributed by atoms with E-state index in [1.165, 1.54) is 111 Å². The van der Waals surface area contributed by atoms with Crippen LogP contribution in [0.2, 0.25) is 0 Å². The highest BCUT2D eigenvalue weighted by atomic mass is 32.2. The summed E-state index contributed by atoms with van der Waals surface area (Å²) in [5.41, 5.74) is 9.83. The Bertz CT molecular complexity index is 3680. The first kappa shape index (κ1) is 40.7. The van der Waals surface area contributed by atoms with Crippen molar-refractivity contribution in [1.82, 2.24) is 9.13 Å². The van der Waals surface area contributed by atoms with Crippen LogP contribution in [0.1, 0.15) is 38.8 Å². The highest BCUT2D eigenvalue weighted by molar-refractivity contribution is 7.99. The Morgan fingerprint density at radius 2 is 1.08 bits per heavy atom. The van der Waals surface area contributed by atoms with Gasteiger partial charge in [0.2, 0.25) is 0 Å². The molecular weight excluding hydrogens is 821 g/mol. The van der Waals surface area contributed by atoms with E-state index in [1.807, 2.05) is 68.2 Å². The summed E-state index contributed by atoms with van der Waals surface area (Å²) in [6, 6.07) is 60.7. The molecule has 0 aliphatic rings. The molecule has 0 bridgehead atoms. The van der Waals surface area contributed by atoms with Crippen LogP contribution in [0.15, 0.2) is 187 Å². The molecule has 0 N–H and O–H groups in total. The van der Waals surface area contributed by atoms with Gasteiger partial charge >= 0.3 is 0 Å². The zero-order valence-electron chi connectivity index (χ0n) is 36.1. The highest BCUT2D eigenvalue weighted by Gasteiger charge is 2.21. The normalized spacial score (nSPS) is 11.7. The van der Waals surface area contributed by atoms with E-state index in [9.17, 15) is 0 Å². The monoisotopic (exact) mass is 868 g/mol. The van der Waals surface area contributed by atoms with Crippen LogP contribution in [-0.2, 0) is 6.42 Å². The molecule has 12 rings (SSSR count). The van der Waals surface area contributed by atoms with Crippen LogP contribution >= 0.6 is 34.4 Å². The number of allylic oxidation sites excluding steroid dienone is 1. The molecule has 0 radical (unpaired) electrons. The van der Waals surface area contributed by atoms with Crippen molar-refractivity contribution in [2.45, 2.75) is 39.0 Å². The third-order valence-corrected chi connectivity index (χ3v) is 15.3. The number of benzene rings is 8. The van der Waals surface area contributed by atoms with Crippen molar-refractivity contribution in [2.24, 2.45) is 0 Å². The van der Waals surface area contributed by atoms with Gasteiger partial charge in [0.05, 0.1) is 22.1 Å².